The average Bonchev–Trinajstić information content (AvgIpc) is 2.70. The molecule has 1 unspecified atom stereocenters. The number of halogens is 1. The van der Waals surface area contributed by atoms with E-state index in [9.17, 15) is 0 Å². The summed E-state index contributed by atoms with van der Waals surface area (Å²) in [6, 6.07) is 2.18. The maximum Gasteiger partial charge on any atom is 0.160 e. The third-order valence-electron chi connectivity index (χ3n) is 3.02. The summed E-state index contributed by atoms with van der Waals surface area (Å²) in [7, 11) is 1.70. The first kappa shape index (κ1) is 13.3. The number of rotatable bonds is 5. The molecular formula is C13H18ClN3O. The molecule has 98 valence electrons. The van der Waals surface area contributed by atoms with Crippen LogP contribution in [0.5, 0.6) is 0 Å². The van der Waals surface area contributed by atoms with Crippen LogP contribution in [0.25, 0.3) is 11.2 Å². The lowest BCUT2D eigenvalue weighted by atomic mass is 10.2. The Balaban J connectivity index is 2.58. The first-order chi connectivity index (χ1) is 8.69. The molecule has 4 nitrogen and oxygen atoms in total. The Kier molecular flexibility index (Phi) is 4.19. The molecule has 2 heterocycles. The van der Waals surface area contributed by atoms with Gasteiger partial charge in [-0.05, 0) is 25.5 Å². The second-order valence-electron chi connectivity index (χ2n) is 4.44. The van der Waals surface area contributed by atoms with Crippen LogP contribution in [-0.2, 0) is 11.2 Å². The van der Waals surface area contributed by atoms with Crippen LogP contribution in [0, 0.1) is 6.92 Å². The van der Waals surface area contributed by atoms with E-state index in [4.69, 9.17) is 16.3 Å². The molecule has 0 aliphatic heterocycles. The van der Waals surface area contributed by atoms with Gasteiger partial charge in [-0.1, -0.05) is 0 Å². The summed E-state index contributed by atoms with van der Waals surface area (Å²) in [6.07, 6.45) is 2.56. The van der Waals surface area contributed by atoms with Crippen molar-refractivity contribution in [2.75, 3.05) is 19.6 Å². The summed E-state index contributed by atoms with van der Waals surface area (Å²) in [5, 5.41) is 0. The molecule has 0 spiro atoms. The van der Waals surface area contributed by atoms with E-state index in [1.54, 1.807) is 7.11 Å². The summed E-state index contributed by atoms with van der Waals surface area (Å²) in [5.74, 6) is 1.54. The van der Waals surface area contributed by atoms with Gasteiger partial charge in [-0.2, -0.15) is 0 Å². The van der Waals surface area contributed by atoms with Gasteiger partial charge in [0.05, 0.1) is 12.6 Å². The summed E-state index contributed by atoms with van der Waals surface area (Å²) in [6.45, 7) is 4.79. The van der Waals surface area contributed by atoms with Gasteiger partial charge >= 0.3 is 0 Å². The van der Waals surface area contributed by atoms with Crippen molar-refractivity contribution in [2.45, 2.75) is 26.3 Å². The molecule has 0 aliphatic rings. The van der Waals surface area contributed by atoms with E-state index in [0.717, 1.165) is 29.0 Å². The van der Waals surface area contributed by atoms with Gasteiger partial charge < -0.3 is 9.30 Å². The maximum atomic E-state index is 5.85. The zero-order valence-electron chi connectivity index (χ0n) is 11.0. The van der Waals surface area contributed by atoms with Gasteiger partial charge in [0.1, 0.15) is 11.3 Å². The zero-order chi connectivity index (χ0) is 13.1. The minimum absolute atomic E-state index is 0.201. The van der Waals surface area contributed by atoms with Crippen molar-refractivity contribution in [1.29, 1.82) is 0 Å². The van der Waals surface area contributed by atoms with Crippen LogP contribution >= 0.6 is 11.6 Å². The molecule has 5 heteroatoms. The summed E-state index contributed by atoms with van der Waals surface area (Å²) >= 11 is 5.85. The minimum atomic E-state index is 0.201. The first-order valence-electron chi connectivity index (χ1n) is 6.06. The van der Waals surface area contributed by atoms with Gasteiger partial charge in [0.15, 0.2) is 5.65 Å². The number of ether oxygens (including phenoxy) is 1. The number of imidazole rings is 1. The lowest BCUT2D eigenvalue weighted by Crippen LogP contribution is -2.15. The molecule has 2 rings (SSSR count). The Bertz CT molecular complexity index is 538. The highest BCUT2D eigenvalue weighted by Gasteiger charge is 2.17. The Morgan fingerprint density at radius 3 is 2.94 bits per heavy atom. The van der Waals surface area contributed by atoms with Crippen molar-refractivity contribution < 1.29 is 4.74 Å². The number of nitrogens with zero attached hydrogens (tertiary/aromatic N) is 3. The van der Waals surface area contributed by atoms with Crippen LogP contribution in [0.3, 0.4) is 0 Å². The zero-order valence-corrected chi connectivity index (χ0v) is 11.7. The third-order valence-corrected chi connectivity index (χ3v) is 3.21. The normalized spacial score (nSPS) is 13.1. The minimum Gasteiger partial charge on any atom is -0.383 e. The molecule has 0 amide bonds. The van der Waals surface area contributed by atoms with Gasteiger partial charge in [-0.25, -0.2) is 9.97 Å². The number of fused-ring (bicyclic) bond motifs is 1. The molecule has 0 N–H and O–H groups in total. The third kappa shape index (κ3) is 2.35. The van der Waals surface area contributed by atoms with E-state index < -0.39 is 0 Å². The number of pyridine rings is 1. The molecule has 0 saturated carbocycles. The molecule has 0 aromatic carbocycles. The second kappa shape index (κ2) is 5.67. The Hall–Kier alpha value is -1.13. The van der Waals surface area contributed by atoms with E-state index in [0.29, 0.717) is 12.5 Å². The lowest BCUT2D eigenvalue weighted by Gasteiger charge is -2.15. The Morgan fingerprint density at radius 2 is 2.28 bits per heavy atom. The SMILES string of the molecule is COCC(C)n1c(CCCl)nc2c(C)ccnc21. The van der Waals surface area contributed by atoms with E-state index in [-0.39, 0.29) is 6.04 Å². The molecular weight excluding hydrogens is 250 g/mol. The van der Waals surface area contributed by atoms with Crippen molar-refractivity contribution in [3.05, 3.63) is 23.7 Å². The van der Waals surface area contributed by atoms with Gasteiger partial charge in [0.25, 0.3) is 0 Å². The highest BCUT2D eigenvalue weighted by atomic mass is 35.5. The topological polar surface area (TPSA) is 39.9 Å². The van der Waals surface area contributed by atoms with Crippen LogP contribution in [0.2, 0.25) is 0 Å². The fraction of sp³-hybridized carbons (Fsp3) is 0.538. The quantitative estimate of drug-likeness (QED) is 0.782. The van der Waals surface area contributed by atoms with Crippen molar-refractivity contribution in [1.82, 2.24) is 14.5 Å². The molecule has 0 saturated heterocycles. The summed E-state index contributed by atoms with van der Waals surface area (Å²) in [4.78, 5) is 9.12. The van der Waals surface area contributed by atoms with Crippen LogP contribution < -0.4 is 0 Å². The van der Waals surface area contributed by atoms with Crippen LogP contribution in [0.15, 0.2) is 12.3 Å². The molecule has 0 radical (unpaired) electrons. The standard InChI is InChI=1S/C13H18ClN3O/c1-9-5-7-15-13-12(9)16-11(4-6-14)17(13)10(2)8-18-3/h5,7,10H,4,6,8H2,1-3H3. The summed E-state index contributed by atoms with van der Waals surface area (Å²) < 4.78 is 7.36. The molecule has 0 bridgehead atoms. The number of hydrogen-bond donors (Lipinski definition) is 0. The molecule has 1 atom stereocenters. The van der Waals surface area contributed by atoms with Crippen molar-refractivity contribution in [2.24, 2.45) is 0 Å². The van der Waals surface area contributed by atoms with Gasteiger partial charge in [-0.15, -0.1) is 11.6 Å². The van der Waals surface area contributed by atoms with E-state index in [1.165, 1.54) is 0 Å². The molecule has 0 fully saturated rings. The molecule has 0 aliphatic carbocycles. The molecule has 2 aromatic rings. The Morgan fingerprint density at radius 1 is 1.50 bits per heavy atom. The van der Waals surface area contributed by atoms with Gasteiger partial charge in [0, 0.05) is 25.6 Å². The first-order valence-corrected chi connectivity index (χ1v) is 6.59. The number of hydrogen-bond acceptors (Lipinski definition) is 3. The number of methoxy groups -OCH3 is 1. The van der Waals surface area contributed by atoms with E-state index >= 15 is 0 Å². The van der Waals surface area contributed by atoms with Crippen molar-refractivity contribution in [3.63, 3.8) is 0 Å². The monoisotopic (exact) mass is 267 g/mol. The Labute approximate surface area is 112 Å². The van der Waals surface area contributed by atoms with Gasteiger partial charge in [-0.3, -0.25) is 0 Å². The van der Waals surface area contributed by atoms with E-state index in [2.05, 4.69) is 21.5 Å². The van der Waals surface area contributed by atoms with Gasteiger partial charge in [0.2, 0.25) is 0 Å². The average molecular weight is 268 g/mol. The largest absolute Gasteiger partial charge is 0.383 e. The van der Waals surface area contributed by atoms with Crippen molar-refractivity contribution in [3.8, 4) is 0 Å². The smallest absolute Gasteiger partial charge is 0.160 e. The molecule has 18 heavy (non-hydrogen) atoms. The highest BCUT2D eigenvalue weighted by Crippen LogP contribution is 2.22. The number of aromatic nitrogens is 3. The van der Waals surface area contributed by atoms with Crippen molar-refractivity contribution >= 4 is 22.8 Å². The summed E-state index contributed by atoms with van der Waals surface area (Å²) in [5.41, 5.74) is 3.01. The second-order valence-corrected chi connectivity index (χ2v) is 4.82. The number of aryl methyl sites for hydroxylation is 2. The predicted molar refractivity (Wildman–Crippen MR) is 73.3 cm³/mol. The van der Waals surface area contributed by atoms with Crippen LogP contribution in [-0.4, -0.2) is 34.1 Å². The molecule has 2 aromatic heterocycles. The predicted octanol–water partition coefficient (Wildman–Crippen LogP) is 2.73. The maximum absolute atomic E-state index is 5.85. The fourth-order valence-corrected chi connectivity index (χ4v) is 2.36. The van der Waals surface area contributed by atoms with Crippen LogP contribution in [0.1, 0.15) is 24.4 Å². The lowest BCUT2D eigenvalue weighted by molar-refractivity contribution is 0.162. The van der Waals surface area contributed by atoms with Crippen LogP contribution in [0.4, 0.5) is 0 Å². The van der Waals surface area contributed by atoms with E-state index in [1.807, 2.05) is 19.2 Å². The number of alkyl halides is 1. The highest BCUT2D eigenvalue weighted by molar-refractivity contribution is 6.17. The fourth-order valence-electron chi connectivity index (χ4n) is 2.20.